The molecular weight excluding hydrogens is 168 g/mol. The van der Waals surface area contributed by atoms with E-state index in [2.05, 4.69) is 0 Å². The van der Waals surface area contributed by atoms with Gasteiger partial charge in [-0.15, -0.1) is 0 Å². The number of ether oxygens (including phenoxy) is 2. The molecule has 0 aromatic carbocycles. The van der Waals surface area contributed by atoms with Gasteiger partial charge in [0.1, 0.15) is 0 Å². The molecule has 1 fully saturated rings. The fourth-order valence-corrected chi connectivity index (χ4v) is 1.85. The van der Waals surface area contributed by atoms with Crippen LogP contribution in [0, 0.1) is 11.3 Å². The highest BCUT2D eigenvalue weighted by molar-refractivity contribution is 5.76. The first kappa shape index (κ1) is 10.5. The summed E-state index contributed by atoms with van der Waals surface area (Å²) in [6.45, 7) is 5.44. The molecule has 3 nitrogen and oxygen atoms in total. The quantitative estimate of drug-likeness (QED) is 0.615. The first-order valence-electron chi connectivity index (χ1n) is 4.75. The Hall–Kier alpha value is -0.570. The minimum absolute atomic E-state index is 0.112. The highest BCUT2D eigenvalue weighted by Gasteiger charge is 2.38. The summed E-state index contributed by atoms with van der Waals surface area (Å²) >= 11 is 0. The molecular formula is C10H18O3. The summed E-state index contributed by atoms with van der Waals surface area (Å²) in [6.07, 6.45) is 1.92. The van der Waals surface area contributed by atoms with Crippen LogP contribution in [-0.2, 0) is 14.3 Å². The first-order chi connectivity index (χ1) is 6.09. The molecule has 3 heteroatoms. The molecule has 0 N–H and O–H groups in total. The lowest BCUT2D eigenvalue weighted by atomic mass is 9.75. The molecule has 1 aliphatic rings. The van der Waals surface area contributed by atoms with Crippen LogP contribution in [0.15, 0.2) is 0 Å². The summed E-state index contributed by atoms with van der Waals surface area (Å²) in [5, 5.41) is 0. The SMILES string of the molecule is COC(=O)C(C)(C)C1CCOCC1. The molecule has 76 valence electrons. The van der Waals surface area contributed by atoms with Crippen molar-refractivity contribution in [3.8, 4) is 0 Å². The average molecular weight is 186 g/mol. The van der Waals surface area contributed by atoms with Gasteiger partial charge in [-0.2, -0.15) is 0 Å². The van der Waals surface area contributed by atoms with Gasteiger partial charge in [0.2, 0.25) is 0 Å². The van der Waals surface area contributed by atoms with E-state index in [-0.39, 0.29) is 11.4 Å². The maximum absolute atomic E-state index is 11.5. The van der Waals surface area contributed by atoms with E-state index in [0.717, 1.165) is 26.1 Å². The second-order valence-electron chi connectivity index (χ2n) is 4.10. The minimum atomic E-state index is -0.363. The van der Waals surface area contributed by atoms with E-state index in [1.165, 1.54) is 7.11 Å². The molecule has 1 aliphatic heterocycles. The third-order valence-corrected chi connectivity index (χ3v) is 2.95. The lowest BCUT2D eigenvalue weighted by Gasteiger charge is -2.34. The summed E-state index contributed by atoms with van der Waals surface area (Å²) in [5.74, 6) is 0.285. The standard InChI is InChI=1S/C10H18O3/c1-10(2,9(11)12-3)8-4-6-13-7-5-8/h8H,4-7H2,1-3H3. The monoisotopic (exact) mass is 186 g/mol. The van der Waals surface area contributed by atoms with Gasteiger partial charge in [0.15, 0.2) is 0 Å². The number of hydrogen-bond acceptors (Lipinski definition) is 3. The third-order valence-electron chi connectivity index (χ3n) is 2.95. The molecule has 0 amide bonds. The third kappa shape index (κ3) is 2.21. The van der Waals surface area contributed by atoms with Gasteiger partial charge in [-0.05, 0) is 32.6 Å². The van der Waals surface area contributed by atoms with Crippen molar-refractivity contribution in [2.75, 3.05) is 20.3 Å². The van der Waals surface area contributed by atoms with Crippen LogP contribution in [0.3, 0.4) is 0 Å². The lowest BCUT2D eigenvalue weighted by Crippen LogP contribution is -2.37. The van der Waals surface area contributed by atoms with E-state index in [1.807, 2.05) is 13.8 Å². The Bertz CT molecular complexity index is 181. The number of methoxy groups -OCH3 is 1. The highest BCUT2D eigenvalue weighted by atomic mass is 16.5. The zero-order valence-electron chi connectivity index (χ0n) is 8.63. The summed E-state index contributed by atoms with van der Waals surface area (Å²) < 4.78 is 10.0. The highest BCUT2D eigenvalue weighted by Crippen LogP contribution is 2.35. The molecule has 0 aromatic heterocycles. The van der Waals surface area contributed by atoms with Crippen molar-refractivity contribution < 1.29 is 14.3 Å². The van der Waals surface area contributed by atoms with Crippen LogP contribution in [0.2, 0.25) is 0 Å². The molecule has 1 rings (SSSR count). The van der Waals surface area contributed by atoms with Crippen LogP contribution in [-0.4, -0.2) is 26.3 Å². The largest absolute Gasteiger partial charge is 0.469 e. The normalized spacial score (nSPS) is 19.9. The Kier molecular flexibility index (Phi) is 3.31. The van der Waals surface area contributed by atoms with Crippen LogP contribution in [0.5, 0.6) is 0 Å². The fourth-order valence-electron chi connectivity index (χ4n) is 1.85. The van der Waals surface area contributed by atoms with Crippen molar-refractivity contribution >= 4 is 5.97 Å². The van der Waals surface area contributed by atoms with Crippen molar-refractivity contribution in [2.45, 2.75) is 26.7 Å². The zero-order valence-corrected chi connectivity index (χ0v) is 8.63. The number of esters is 1. The number of hydrogen-bond donors (Lipinski definition) is 0. The van der Waals surface area contributed by atoms with Crippen LogP contribution in [0.25, 0.3) is 0 Å². The van der Waals surface area contributed by atoms with Crippen LogP contribution in [0.1, 0.15) is 26.7 Å². The van der Waals surface area contributed by atoms with Gasteiger partial charge < -0.3 is 9.47 Å². The predicted octanol–water partition coefficient (Wildman–Crippen LogP) is 1.61. The Balaban J connectivity index is 2.60. The van der Waals surface area contributed by atoms with Crippen molar-refractivity contribution in [1.29, 1.82) is 0 Å². The number of carbonyl (C=O) groups is 1. The van der Waals surface area contributed by atoms with Gasteiger partial charge >= 0.3 is 5.97 Å². The van der Waals surface area contributed by atoms with E-state index >= 15 is 0 Å². The Morgan fingerprint density at radius 2 is 1.92 bits per heavy atom. The molecule has 1 saturated heterocycles. The first-order valence-corrected chi connectivity index (χ1v) is 4.75. The second-order valence-corrected chi connectivity index (χ2v) is 4.10. The molecule has 13 heavy (non-hydrogen) atoms. The molecule has 1 heterocycles. The fraction of sp³-hybridized carbons (Fsp3) is 0.900. The van der Waals surface area contributed by atoms with Crippen molar-refractivity contribution in [2.24, 2.45) is 11.3 Å². The summed E-state index contributed by atoms with van der Waals surface area (Å²) in [4.78, 5) is 11.5. The molecule has 0 spiro atoms. The maximum Gasteiger partial charge on any atom is 0.311 e. The average Bonchev–Trinajstić information content (AvgIpc) is 2.18. The van der Waals surface area contributed by atoms with Gasteiger partial charge in [-0.3, -0.25) is 4.79 Å². The van der Waals surface area contributed by atoms with Gasteiger partial charge in [-0.25, -0.2) is 0 Å². The Labute approximate surface area is 79.4 Å². The van der Waals surface area contributed by atoms with E-state index in [4.69, 9.17) is 9.47 Å². The summed E-state index contributed by atoms with van der Waals surface area (Å²) in [7, 11) is 1.45. The molecule has 0 bridgehead atoms. The van der Waals surface area contributed by atoms with E-state index in [9.17, 15) is 4.79 Å². The molecule has 0 aliphatic carbocycles. The van der Waals surface area contributed by atoms with E-state index < -0.39 is 0 Å². The smallest absolute Gasteiger partial charge is 0.311 e. The van der Waals surface area contributed by atoms with Crippen molar-refractivity contribution in [1.82, 2.24) is 0 Å². The van der Waals surface area contributed by atoms with Gasteiger partial charge in [0, 0.05) is 13.2 Å². The Morgan fingerprint density at radius 3 is 2.38 bits per heavy atom. The molecule has 0 atom stereocenters. The summed E-state index contributed by atoms with van der Waals surface area (Å²) in [5.41, 5.74) is -0.363. The number of carbonyl (C=O) groups excluding carboxylic acids is 1. The molecule has 0 radical (unpaired) electrons. The van der Waals surface area contributed by atoms with Crippen LogP contribution >= 0.6 is 0 Å². The summed E-state index contributed by atoms with van der Waals surface area (Å²) in [6, 6.07) is 0. The molecule has 0 saturated carbocycles. The lowest BCUT2D eigenvalue weighted by molar-refractivity contribution is -0.156. The van der Waals surface area contributed by atoms with Crippen LogP contribution < -0.4 is 0 Å². The van der Waals surface area contributed by atoms with Gasteiger partial charge in [0.25, 0.3) is 0 Å². The minimum Gasteiger partial charge on any atom is -0.469 e. The van der Waals surface area contributed by atoms with Crippen molar-refractivity contribution in [3.05, 3.63) is 0 Å². The zero-order chi connectivity index (χ0) is 9.90. The maximum atomic E-state index is 11.5. The predicted molar refractivity (Wildman–Crippen MR) is 49.3 cm³/mol. The van der Waals surface area contributed by atoms with E-state index in [1.54, 1.807) is 0 Å². The number of rotatable bonds is 2. The van der Waals surface area contributed by atoms with Crippen molar-refractivity contribution in [3.63, 3.8) is 0 Å². The van der Waals surface area contributed by atoms with Gasteiger partial charge in [0.05, 0.1) is 12.5 Å². The Morgan fingerprint density at radius 1 is 1.38 bits per heavy atom. The second kappa shape index (κ2) is 4.09. The molecule has 0 aromatic rings. The van der Waals surface area contributed by atoms with E-state index in [0.29, 0.717) is 5.92 Å². The topological polar surface area (TPSA) is 35.5 Å². The molecule has 0 unspecified atom stereocenters. The van der Waals surface area contributed by atoms with Gasteiger partial charge in [-0.1, -0.05) is 0 Å². The van der Waals surface area contributed by atoms with Crippen LogP contribution in [0.4, 0.5) is 0 Å².